The fourth-order valence-electron chi connectivity index (χ4n) is 1.04. The Kier molecular flexibility index (Phi) is 4.12. The molecule has 0 aliphatic carbocycles. The molecule has 84 valence electrons. The molecule has 0 fully saturated rings. The van der Waals surface area contributed by atoms with E-state index in [4.69, 9.17) is 5.73 Å². The van der Waals surface area contributed by atoms with E-state index in [9.17, 15) is 8.42 Å². The number of anilines is 1. The number of nitrogens with one attached hydrogen (secondary N) is 1. The van der Waals surface area contributed by atoms with Gasteiger partial charge in [0.1, 0.15) is 0 Å². The maximum Gasteiger partial charge on any atom is 0.241 e. The van der Waals surface area contributed by atoms with Crippen LogP contribution < -0.4 is 10.5 Å². The minimum Gasteiger partial charge on any atom is -0.399 e. The highest BCUT2D eigenvalue weighted by Gasteiger charge is 2.16. The molecule has 0 bridgehead atoms. The molecule has 0 heterocycles. The molecule has 0 saturated carbocycles. The van der Waals surface area contributed by atoms with Gasteiger partial charge in [0.05, 0.1) is 4.90 Å². The molecule has 4 nitrogen and oxygen atoms in total. The van der Waals surface area contributed by atoms with Gasteiger partial charge in [0.15, 0.2) is 0 Å². The van der Waals surface area contributed by atoms with Crippen molar-refractivity contribution in [2.24, 2.45) is 0 Å². The molecular weight excluding hydrogens is 280 g/mol. The first kappa shape index (κ1) is 12.5. The molecule has 0 saturated heterocycles. The molecule has 0 aromatic heterocycles. The van der Waals surface area contributed by atoms with Crippen LogP contribution in [0.3, 0.4) is 0 Å². The lowest BCUT2D eigenvalue weighted by atomic mass is 10.3. The minimum absolute atomic E-state index is 0.177. The van der Waals surface area contributed by atoms with Crippen LogP contribution in [-0.2, 0) is 10.0 Å². The molecule has 1 rings (SSSR count). The van der Waals surface area contributed by atoms with Crippen molar-refractivity contribution in [3.05, 3.63) is 22.7 Å². The van der Waals surface area contributed by atoms with E-state index in [0.717, 1.165) is 6.42 Å². The summed E-state index contributed by atoms with van der Waals surface area (Å²) in [5.74, 6) is 0. The zero-order valence-electron chi connectivity index (χ0n) is 8.33. The number of nitrogen functional groups attached to an aromatic ring is 1. The Bertz CT molecular complexity index is 445. The summed E-state index contributed by atoms with van der Waals surface area (Å²) >= 11 is 3.18. The summed E-state index contributed by atoms with van der Waals surface area (Å²) in [5.41, 5.74) is 5.97. The van der Waals surface area contributed by atoms with Crippen LogP contribution in [0.5, 0.6) is 0 Å². The van der Waals surface area contributed by atoms with Crippen molar-refractivity contribution in [1.82, 2.24) is 4.72 Å². The van der Waals surface area contributed by atoms with Crippen molar-refractivity contribution in [2.75, 3.05) is 12.3 Å². The lowest BCUT2D eigenvalue weighted by molar-refractivity contribution is 0.580. The van der Waals surface area contributed by atoms with E-state index in [-0.39, 0.29) is 4.90 Å². The first-order chi connectivity index (χ1) is 6.97. The summed E-state index contributed by atoms with van der Waals surface area (Å²) < 4.78 is 26.5. The van der Waals surface area contributed by atoms with E-state index in [1.165, 1.54) is 6.07 Å². The summed E-state index contributed by atoms with van der Waals surface area (Å²) in [6, 6.07) is 4.70. The standard InChI is InChI=1S/C9H13BrN2O2S/c1-2-5-12-15(13,14)9-6-7(11)3-4-8(9)10/h3-4,6,12H,2,5,11H2,1H3. The van der Waals surface area contributed by atoms with E-state index < -0.39 is 10.0 Å². The number of nitrogens with two attached hydrogens (primary N) is 1. The van der Waals surface area contributed by atoms with Crippen molar-refractivity contribution in [3.63, 3.8) is 0 Å². The molecule has 0 unspecified atom stereocenters. The molecule has 0 aliphatic rings. The SMILES string of the molecule is CCCNS(=O)(=O)c1cc(N)ccc1Br. The number of hydrogen-bond donors (Lipinski definition) is 2. The largest absolute Gasteiger partial charge is 0.399 e. The Labute approximate surface area is 98.0 Å². The number of halogens is 1. The molecule has 0 radical (unpaired) electrons. The van der Waals surface area contributed by atoms with Crippen LogP contribution in [0.25, 0.3) is 0 Å². The normalized spacial score (nSPS) is 11.6. The van der Waals surface area contributed by atoms with Gasteiger partial charge in [0.2, 0.25) is 10.0 Å². The van der Waals surface area contributed by atoms with Gasteiger partial charge in [-0.2, -0.15) is 0 Å². The van der Waals surface area contributed by atoms with Gasteiger partial charge < -0.3 is 5.73 Å². The van der Waals surface area contributed by atoms with E-state index >= 15 is 0 Å². The van der Waals surface area contributed by atoms with Crippen LogP contribution in [0.15, 0.2) is 27.6 Å². The average Bonchev–Trinajstić information content (AvgIpc) is 2.18. The Hall–Kier alpha value is -0.590. The zero-order chi connectivity index (χ0) is 11.5. The Morgan fingerprint density at radius 1 is 1.47 bits per heavy atom. The summed E-state index contributed by atoms with van der Waals surface area (Å²) in [4.78, 5) is 0.177. The lowest BCUT2D eigenvalue weighted by Crippen LogP contribution is -2.24. The third-order valence-electron chi connectivity index (χ3n) is 1.79. The molecule has 0 aliphatic heterocycles. The van der Waals surface area contributed by atoms with Gasteiger partial charge in [-0.3, -0.25) is 0 Å². The monoisotopic (exact) mass is 292 g/mol. The predicted molar refractivity (Wildman–Crippen MR) is 64.0 cm³/mol. The topological polar surface area (TPSA) is 72.2 Å². The first-order valence-electron chi connectivity index (χ1n) is 4.52. The third kappa shape index (κ3) is 3.19. The van der Waals surface area contributed by atoms with Crippen molar-refractivity contribution in [1.29, 1.82) is 0 Å². The molecule has 3 N–H and O–H groups in total. The van der Waals surface area contributed by atoms with Crippen LogP contribution in [0.2, 0.25) is 0 Å². The number of benzene rings is 1. The summed E-state index contributed by atoms with van der Waals surface area (Å²) in [6.45, 7) is 2.32. The van der Waals surface area contributed by atoms with Crippen LogP contribution in [0, 0.1) is 0 Å². The summed E-state index contributed by atoms with van der Waals surface area (Å²) in [7, 11) is -3.45. The molecule has 0 atom stereocenters. The summed E-state index contributed by atoms with van der Waals surface area (Å²) in [6.07, 6.45) is 0.749. The molecule has 6 heteroatoms. The fraction of sp³-hybridized carbons (Fsp3) is 0.333. The van der Waals surface area contributed by atoms with Gasteiger partial charge >= 0.3 is 0 Å². The average molecular weight is 293 g/mol. The van der Waals surface area contributed by atoms with Crippen molar-refractivity contribution in [2.45, 2.75) is 18.2 Å². The third-order valence-corrected chi connectivity index (χ3v) is 4.24. The highest BCUT2D eigenvalue weighted by molar-refractivity contribution is 9.10. The van der Waals surface area contributed by atoms with Crippen molar-refractivity contribution < 1.29 is 8.42 Å². The Balaban J connectivity index is 3.09. The first-order valence-corrected chi connectivity index (χ1v) is 6.79. The molecular formula is C9H13BrN2O2S. The van der Waals surface area contributed by atoms with E-state index in [2.05, 4.69) is 20.7 Å². The number of hydrogen-bond acceptors (Lipinski definition) is 3. The van der Waals surface area contributed by atoms with Gasteiger partial charge in [-0.25, -0.2) is 13.1 Å². The van der Waals surface area contributed by atoms with E-state index in [1.807, 2.05) is 6.92 Å². The van der Waals surface area contributed by atoms with Crippen LogP contribution in [0.4, 0.5) is 5.69 Å². The zero-order valence-corrected chi connectivity index (χ0v) is 10.7. The second-order valence-electron chi connectivity index (χ2n) is 3.09. The van der Waals surface area contributed by atoms with E-state index in [0.29, 0.717) is 16.7 Å². The van der Waals surface area contributed by atoms with Crippen molar-refractivity contribution in [3.8, 4) is 0 Å². The highest BCUT2D eigenvalue weighted by Crippen LogP contribution is 2.23. The molecule has 1 aromatic carbocycles. The fourth-order valence-corrected chi connectivity index (χ4v) is 3.17. The Morgan fingerprint density at radius 2 is 2.13 bits per heavy atom. The molecule has 15 heavy (non-hydrogen) atoms. The van der Waals surface area contributed by atoms with Gasteiger partial charge in [0, 0.05) is 16.7 Å². The van der Waals surface area contributed by atoms with Crippen LogP contribution >= 0.6 is 15.9 Å². The van der Waals surface area contributed by atoms with Gasteiger partial charge in [-0.05, 0) is 40.5 Å². The van der Waals surface area contributed by atoms with Gasteiger partial charge in [-0.15, -0.1) is 0 Å². The Morgan fingerprint density at radius 3 is 2.73 bits per heavy atom. The lowest BCUT2D eigenvalue weighted by Gasteiger charge is -2.08. The summed E-state index contributed by atoms with van der Waals surface area (Å²) in [5, 5.41) is 0. The van der Waals surface area contributed by atoms with Gasteiger partial charge in [0.25, 0.3) is 0 Å². The number of rotatable bonds is 4. The van der Waals surface area contributed by atoms with Gasteiger partial charge in [-0.1, -0.05) is 6.92 Å². The maximum absolute atomic E-state index is 11.8. The second kappa shape index (κ2) is 4.96. The van der Waals surface area contributed by atoms with Crippen LogP contribution in [-0.4, -0.2) is 15.0 Å². The highest BCUT2D eigenvalue weighted by atomic mass is 79.9. The molecule has 1 aromatic rings. The molecule has 0 spiro atoms. The van der Waals surface area contributed by atoms with Crippen molar-refractivity contribution >= 4 is 31.6 Å². The van der Waals surface area contributed by atoms with Crippen LogP contribution in [0.1, 0.15) is 13.3 Å². The predicted octanol–water partition coefficient (Wildman–Crippen LogP) is 1.72. The maximum atomic E-state index is 11.8. The van der Waals surface area contributed by atoms with E-state index in [1.54, 1.807) is 12.1 Å². The second-order valence-corrected chi connectivity index (χ2v) is 5.68. The minimum atomic E-state index is -3.45. The molecule has 0 amide bonds. The quantitative estimate of drug-likeness (QED) is 0.830. The number of sulfonamides is 1. The smallest absolute Gasteiger partial charge is 0.241 e.